The average molecular weight is 357 g/mol. The summed E-state index contributed by atoms with van der Waals surface area (Å²) in [5.41, 5.74) is 0. The summed E-state index contributed by atoms with van der Waals surface area (Å²) in [5.74, 6) is 0.0355. The van der Waals surface area contributed by atoms with E-state index in [4.69, 9.17) is 0 Å². The summed E-state index contributed by atoms with van der Waals surface area (Å²) >= 11 is 2.89. The summed E-state index contributed by atoms with van der Waals surface area (Å²) < 4.78 is 22.9. The van der Waals surface area contributed by atoms with Crippen molar-refractivity contribution in [1.82, 2.24) is 15.3 Å². The number of thioether (sulfide) groups is 1. The van der Waals surface area contributed by atoms with Gasteiger partial charge in [0.1, 0.15) is 16.2 Å². The summed E-state index contributed by atoms with van der Waals surface area (Å²) in [6, 6.07) is 1.67. The van der Waals surface area contributed by atoms with Crippen molar-refractivity contribution in [1.29, 1.82) is 0 Å². The second-order valence-electron chi connectivity index (χ2n) is 5.19. The summed E-state index contributed by atoms with van der Waals surface area (Å²) in [4.78, 5) is 21.5. The average Bonchev–Trinajstić information content (AvgIpc) is 3.05. The van der Waals surface area contributed by atoms with Crippen LogP contribution < -0.4 is 5.32 Å². The molecule has 1 N–H and O–H groups in total. The lowest BCUT2D eigenvalue weighted by atomic mass is 10.2. The Labute approximate surface area is 136 Å². The van der Waals surface area contributed by atoms with Crippen LogP contribution in [0.25, 0.3) is 10.2 Å². The lowest BCUT2D eigenvalue weighted by molar-refractivity contribution is -0.120. The van der Waals surface area contributed by atoms with Crippen LogP contribution in [-0.2, 0) is 14.6 Å². The van der Waals surface area contributed by atoms with Crippen LogP contribution in [0.1, 0.15) is 13.3 Å². The van der Waals surface area contributed by atoms with Crippen LogP contribution in [0.5, 0.6) is 0 Å². The van der Waals surface area contributed by atoms with Gasteiger partial charge in [-0.3, -0.25) is 4.79 Å². The van der Waals surface area contributed by atoms with Crippen molar-refractivity contribution < 1.29 is 13.2 Å². The van der Waals surface area contributed by atoms with E-state index >= 15 is 0 Å². The first-order valence-electron chi connectivity index (χ1n) is 6.80. The molecule has 1 aliphatic heterocycles. The third-order valence-corrected chi connectivity index (χ3v) is 7.17. The first kappa shape index (κ1) is 15.7. The van der Waals surface area contributed by atoms with Gasteiger partial charge < -0.3 is 5.32 Å². The Kier molecular flexibility index (Phi) is 4.37. The van der Waals surface area contributed by atoms with Gasteiger partial charge in [-0.1, -0.05) is 11.8 Å². The van der Waals surface area contributed by atoms with Gasteiger partial charge in [-0.05, 0) is 24.8 Å². The van der Waals surface area contributed by atoms with Crippen molar-refractivity contribution in [2.45, 2.75) is 29.7 Å². The number of amides is 1. The molecule has 1 aliphatic rings. The second kappa shape index (κ2) is 6.13. The van der Waals surface area contributed by atoms with Crippen LogP contribution >= 0.6 is 23.1 Å². The Bertz CT molecular complexity index is 803. The van der Waals surface area contributed by atoms with Crippen molar-refractivity contribution in [2.24, 2.45) is 0 Å². The van der Waals surface area contributed by atoms with Gasteiger partial charge in [-0.2, -0.15) is 0 Å². The fourth-order valence-electron chi connectivity index (χ4n) is 2.31. The molecule has 1 saturated heterocycles. The van der Waals surface area contributed by atoms with E-state index < -0.39 is 9.84 Å². The van der Waals surface area contributed by atoms with Gasteiger partial charge in [0.05, 0.1) is 16.8 Å². The highest BCUT2D eigenvalue weighted by atomic mass is 32.2. The van der Waals surface area contributed by atoms with Gasteiger partial charge in [0.25, 0.3) is 0 Å². The fraction of sp³-hybridized carbons (Fsp3) is 0.462. The van der Waals surface area contributed by atoms with Gasteiger partial charge >= 0.3 is 0 Å². The molecule has 1 fully saturated rings. The van der Waals surface area contributed by atoms with Crippen molar-refractivity contribution >= 4 is 49.1 Å². The van der Waals surface area contributed by atoms with Gasteiger partial charge in [0.15, 0.2) is 9.84 Å². The summed E-state index contributed by atoms with van der Waals surface area (Å²) in [6.45, 7) is 1.80. The maximum absolute atomic E-state index is 12.2. The molecule has 1 amide bonds. The molecule has 2 aromatic rings. The van der Waals surface area contributed by atoms with Gasteiger partial charge in [-0.15, -0.1) is 11.3 Å². The number of hydrogen-bond donors (Lipinski definition) is 1. The molecule has 3 heterocycles. The fourth-order valence-corrected chi connectivity index (χ4v) is 5.69. The molecule has 0 spiro atoms. The molecule has 0 radical (unpaired) electrons. The number of carbonyl (C=O) groups excluding carboxylic acids is 1. The molecule has 0 unspecified atom stereocenters. The lowest BCUT2D eigenvalue weighted by Crippen LogP contribution is -2.39. The first-order valence-corrected chi connectivity index (χ1v) is 10.4. The number of sulfone groups is 1. The van der Waals surface area contributed by atoms with Crippen molar-refractivity contribution in [2.75, 3.05) is 11.5 Å². The van der Waals surface area contributed by atoms with Crippen molar-refractivity contribution in [3.8, 4) is 0 Å². The third-order valence-electron chi connectivity index (χ3n) is 3.46. The molecule has 3 rings (SSSR count). The number of aromatic nitrogens is 2. The zero-order valence-electron chi connectivity index (χ0n) is 11.9. The highest BCUT2D eigenvalue weighted by Gasteiger charge is 2.30. The Balaban J connectivity index is 1.65. The van der Waals surface area contributed by atoms with E-state index in [2.05, 4.69) is 15.3 Å². The number of nitrogens with zero attached hydrogens (tertiary/aromatic N) is 2. The van der Waals surface area contributed by atoms with Crippen LogP contribution in [0, 0.1) is 0 Å². The monoisotopic (exact) mass is 357 g/mol. The number of carbonyl (C=O) groups is 1. The van der Waals surface area contributed by atoms with E-state index in [1.54, 1.807) is 6.92 Å². The first-order chi connectivity index (χ1) is 10.4. The Morgan fingerprint density at radius 1 is 1.50 bits per heavy atom. The van der Waals surface area contributed by atoms with Gasteiger partial charge in [-0.25, -0.2) is 18.4 Å². The minimum absolute atomic E-state index is 0.0401. The maximum Gasteiger partial charge on any atom is 0.233 e. The topological polar surface area (TPSA) is 89.0 Å². The lowest BCUT2D eigenvalue weighted by Gasteiger charge is -2.15. The maximum atomic E-state index is 12.2. The number of hydrogen-bond acceptors (Lipinski definition) is 7. The van der Waals surface area contributed by atoms with Gasteiger partial charge in [0.2, 0.25) is 5.91 Å². The van der Waals surface area contributed by atoms with Crippen molar-refractivity contribution in [3.05, 3.63) is 17.8 Å². The molecular formula is C13H15N3O3S3. The standard InChI is InChI=1S/C13H15N3O3S3/c1-8(11(17)16-9-3-5-22(18,19)6-9)21-13-10-2-4-20-12(10)14-7-15-13/h2,4,7-9H,3,5-6H2,1H3,(H,16,17)/t8-,9+/m1/s1. The van der Waals surface area contributed by atoms with Crippen LogP contribution in [0.4, 0.5) is 0 Å². The molecule has 0 aromatic carbocycles. The molecular weight excluding hydrogens is 342 g/mol. The predicted molar refractivity (Wildman–Crippen MR) is 87.9 cm³/mol. The van der Waals surface area contributed by atoms with E-state index in [0.717, 1.165) is 15.2 Å². The molecule has 2 atom stereocenters. The summed E-state index contributed by atoms with van der Waals surface area (Å²) in [6.07, 6.45) is 1.99. The summed E-state index contributed by atoms with van der Waals surface area (Å²) in [5, 5.41) is 6.13. The third kappa shape index (κ3) is 3.41. The van der Waals surface area contributed by atoms with E-state index in [1.165, 1.54) is 29.4 Å². The highest BCUT2D eigenvalue weighted by molar-refractivity contribution is 8.00. The molecule has 118 valence electrons. The summed E-state index contributed by atoms with van der Waals surface area (Å²) in [7, 11) is -2.99. The van der Waals surface area contributed by atoms with Crippen LogP contribution in [0.2, 0.25) is 0 Å². The minimum Gasteiger partial charge on any atom is -0.351 e. The number of fused-ring (bicyclic) bond motifs is 1. The van der Waals surface area contributed by atoms with Crippen LogP contribution in [-0.4, -0.2) is 47.1 Å². The largest absolute Gasteiger partial charge is 0.351 e. The van der Waals surface area contributed by atoms with E-state index in [0.29, 0.717) is 6.42 Å². The number of rotatable bonds is 4. The van der Waals surface area contributed by atoms with Crippen LogP contribution in [0.15, 0.2) is 22.8 Å². The Morgan fingerprint density at radius 3 is 3.05 bits per heavy atom. The molecule has 6 nitrogen and oxygen atoms in total. The normalized spacial score (nSPS) is 21.8. The molecule has 0 saturated carbocycles. The SMILES string of the molecule is C[C@@H](Sc1ncnc2sccc12)C(=O)N[C@H]1CCS(=O)(=O)C1. The Hall–Kier alpha value is -1.19. The molecule has 9 heteroatoms. The van der Waals surface area contributed by atoms with Gasteiger partial charge in [0, 0.05) is 11.4 Å². The van der Waals surface area contributed by atoms with Crippen molar-refractivity contribution in [3.63, 3.8) is 0 Å². The zero-order valence-corrected chi connectivity index (χ0v) is 14.3. The Morgan fingerprint density at radius 2 is 2.32 bits per heavy atom. The number of nitrogens with one attached hydrogen (secondary N) is 1. The van der Waals surface area contributed by atoms with E-state index in [1.807, 2.05) is 11.4 Å². The highest BCUT2D eigenvalue weighted by Crippen LogP contribution is 2.30. The smallest absolute Gasteiger partial charge is 0.233 e. The van der Waals surface area contributed by atoms with E-state index in [9.17, 15) is 13.2 Å². The zero-order chi connectivity index (χ0) is 15.7. The minimum atomic E-state index is -2.99. The molecule has 0 bridgehead atoms. The molecule has 2 aromatic heterocycles. The van der Waals surface area contributed by atoms with Crippen LogP contribution in [0.3, 0.4) is 0 Å². The van der Waals surface area contributed by atoms with E-state index in [-0.39, 0.29) is 28.7 Å². The quantitative estimate of drug-likeness (QED) is 0.658. The predicted octanol–water partition coefficient (Wildman–Crippen LogP) is 1.48. The molecule has 22 heavy (non-hydrogen) atoms. The number of thiophene rings is 1. The second-order valence-corrected chi connectivity index (χ2v) is 9.64. The molecule has 0 aliphatic carbocycles.